The van der Waals surface area contributed by atoms with E-state index in [-0.39, 0.29) is 0 Å². The average molecular weight is 269 g/mol. The lowest BCUT2D eigenvalue weighted by atomic mass is 9.72. The zero-order valence-electron chi connectivity index (χ0n) is 11.6. The van der Waals surface area contributed by atoms with Gasteiger partial charge in [-0.2, -0.15) is 0 Å². The molecule has 0 aliphatic carbocycles. The molecule has 1 N–H and O–H groups in total. The molecule has 0 spiro atoms. The molecular weight excluding hydrogens is 250 g/mol. The van der Waals surface area contributed by atoms with Gasteiger partial charge in [-0.3, -0.25) is 0 Å². The van der Waals surface area contributed by atoms with Gasteiger partial charge in [0.05, 0.1) is 20.9 Å². The quantitative estimate of drug-likeness (QED) is 0.544. The number of ether oxygens (including phenoxy) is 2. The summed E-state index contributed by atoms with van der Waals surface area (Å²) in [5, 5.41) is 1.72. The van der Waals surface area contributed by atoms with Gasteiger partial charge in [0, 0.05) is 13.5 Å². The fourth-order valence-electron chi connectivity index (χ4n) is 2.77. The molecule has 0 aromatic heterocycles. The molecule has 2 rings (SSSR count). The SMILES string of the molecule is COC(=O)C1(C)N(C)C=CCC1(C(=O)OC)N1CN1. The number of carbonyl (C=O) groups is 2. The Morgan fingerprint density at radius 2 is 1.84 bits per heavy atom. The summed E-state index contributed by atoms with van der Waals surface area (Å²) in [5.41, 5.74) is 0.693. The van der Waals surface area contributed by atoms with E-state index >= 15 is 0 Å². The van der Waals surface area contributed by atoms with Crippen LogP contribution in [0.25, 0.3) is 0 Å². The van der Waals surface area contributed by atoms with Crippen molar-refractivity contribution in [2.75, 3.05) is 27.9 Å². The van der Waals surface area contributed by atoms with Crippen LogP contribution in [0.4, 0.5) is 0 Å². The van der Waals surface area contributed by atoms with Crippen molar-refractivity contribution in [3.05, 3.63) is 12.3 Å². The van der Waals surface area contributed by atoms with E-state index in [1.165, 1.54) is 14.2 Å². The van der Waals surface area contributed by atoms with Crippen LogP contribution in [0.2, 0.25) is 0 Å². The lowest BCUT2D eigenvalue weighted by Crippen LogP contribution is -2.73. The van der Waals surface area contributed by atoms with Crippen LogP contribution < -0.4 is 5.43 Å². The molecule has 0 saturated carbocycles. The lowest BCUT2D eigenvalue weighted by Gasteiger charge is -2.50. The molecule has 7 heteroatoms. The normalized spacial score (nSPS) is 36.8. The predicted octanol–water partition coefficient (Wildman–Crippen LogP) is -0.543. The fraction of sp³-hybridized carbons (Fsp3) is 0.667. The number of likely N-dealkylation sites (N-methyl/N-ethyl adjacent to an activating group) is 1. The number of esters is 2. The Balaban J connectivity index is 2.58. The van der Waals surface area contributed by atoms with Gasteiger partial charge >= 0.3 is 11.9 Å². The number of hydrogen-bond acceptors (Lipinski definition) is 7. The molecule has 2 aliphatic rings. The molecule has 1 fully saturated rings. The minimum absolute atomic E-state index is 0.378. The van der Waals surface area contributed by atoms with Gasteiger partial charge in [0.15, 0.2) is 11.1 Å². The number of carbonyl (C=O) groups excluding carboxylic acids is 2. The lowest BCUT2D eigenvalue weighted by molar-refractivity contribution is -0.176. The summed E-state index contributed by atoms with van der Waals surface area (Å²) in [7, 11) is 4.38. The van der Waals surface area contributed by atoms with Gasteiger partial charge in [-0.15, -0.1) is 0 Å². The first kappa shape index (κ1) is 13.8. The number of nitrogens with zero attached hydrogens (tertiary/aromatic N) is 2. The van der Waals surface area contributed by atoms with Gasteiger partial charge in [0.2, 0.25) is 0 Å². The van der Waals surface area contributed by atoms with Crippen LogP contribution in [0.15, 0.2) is 12.3 Å². The van der Waals surface area contributed by atoms with Crippen molar-refractivity contribution in [3.63, 3.8) is 0 Å². The van der Waals surface area contributed by atoms with E-state index in [1.54, 1.807) is 30.1 Å². The molecule has 0 bridgehead atoms. The van der Waals surface area contributed by atoms with Gasteiger partial charge < -0.3 is 14.4 Å². The maximum atomic E-state index is 12.4. The maximum absolute atomic E-state index is 12.4. The number of methoxy groups -OCH3 is 2. The van der Waals surface area contributed by atoms with Crippen molar-refractivity contribution in [1.29, 1.82) is 0 Å². The molecule has 0 aromatic rings. The first-order valence-corrected chi connectivity index (χ1v) is 6.02. The molecule has 7 nitrogen and oxygen atoms in total. The van der Waals surface area contributed by atoms with Crippen molar-refractivity contribution >= 4 is 11.9 Å². The van der Waals surface area contributed by atoms with E-state index < -0.39 is 23.0 Å². The van der Waals surface area contributed by atoms with E-state index in [1.807, 2.05) is 6.08 Å². The summed E-state index contributed by atoms with van der Waals surface area (Å²) in [6.07, 6.45) is 4.01. The second kappa shape index (κ2) is 4.50. The Morgan fingerprint density at radius 3 is 2.32 bits per heavy atom. The van der Waals surface area contributed by atoms with Gasteiger partial charge in [0.25, 0.3) is 0 Å². The zero-order chi connectivity index (χ0) is 14.3. The average Bonchev–Trinajstić information content (AvgIpc) is 3.24. The number of nitrogens with one attached hydrogen (secondary N) is 1. The Morgan fingerprint density at radius 1 is 1.26 bits per heavy atom. The second-order valence-electron chi connectivity index (χ2n) is 4.86. The van der Waals surface area contributed by atoms with Crippen LogP contribution in [0.5, 0.6) is 0 Å². The first-order valence-electron chi connectivity index (χ1n) is 6.02. The van der Waals surface area contributed by atoms with Gasteiger partial charge in [-0.25, -0.2) is 20.0 Å². The van der Waals surface area contributed by atoms with E-state index in [9.17, 15) is 9.59 Å². The van der Waals surface area contributed by atoms with Crippen LogP contribution in [0, 0.1) is 0 Å². The first-order chi connectivity index (χ1) is 8.95. The highest BCUT2D eigenvalue weighted by molar-refractivity contribution is 5.95. The van der Waals surface area contributed by atoms with Crippen LogP contribution >= 0.6 is 0 Å². The third-order valence-corrected chi connectivity index (χ3v) is 4.14. The smallest absolute Gasteiger partial charge is 0.334 e. The van der Waals surface area contributed by atoms with Gasteiger partial charge in [0.1, 0.15) is 0 Å². The molecule has 0 aromatic carbocycles. The van der Waals surface area contributed by atoms with Crippen LogP contribution in [-0.4, -0.2) is 60.9 Å². The standard InChI is InChI=1S/C12H19N3O4/c1-11(9(16)18-3)12(10(17)19-4,15-8-13-15)6-5-7-14(11)2/h5,7,13H,6,8H2,1-4H3. The number of rotatable bonds is 3. The second-order valence-corrected chi connectivity index (χ2v) is 4.86. The fourth-order valence-corrected chi connectivity index (χ4v) is 2.77. The molecule has 1 saturated heterocycles. The van der Waals surface area contributed by atoms with E-state index in [4.69, 9.17) is 9.47 Å². The highest BCUT2D eigenvalue weighted by atomic mass is 16.5. The third-order valence-electron chi connectivity index (χ3n) is 4.14. The van der Waals surface area contributed by atoms with Crippen molar-refractivity contribution in [2.45, 2.75) is 24.4 Å². The van der Waals surface area contributed by atoms with Gasteiger partial charge in [-0.1, -0.05) is 6.08 Å². The molecule has 3 atom stereocenters. The van der Waals surface area contributed by atoms with Crippen LogP contribution in [0.1, 0.15) is 13.3 Å². The van der Waals surface area contributed by atoms with Crippen molar-refractivity contribution in [2.24, 2.45) is 0 Å². The molecule has 0 amide bonds. The van der Waals surface area contributed by atoms with E-state index in [0.29, 0.717) is 13.1 Å². The largest absolute Gasteiger partial charge is 0.468 e. The monoisotopic (exact) mass is 269 g/mol. The van der Waals surface area contributed by atoms with E-state index in [0.717, 1.165) is 0 Å². The third kappa shape index (κ3) is 1.65. The zero-order valence-corrected chi connectivity index (χ0v) is 11.6. The molecule has 2 aliphatic heterocycles. The highest BCUT2D eigenvalue weighted by Gasteiger charge is 2.68. The van der Waals surface area contributed by atoms with Crippen molar-refractivity contribution < 1.29 is 19.1 Å². The Kier molecular flexibility index (Phi) is 3.27. The molecule has 2 heterocycles. The Hall–Kier alpha value is -1.60. The van der Waals surface area contributed by atoms with Gasteiger partial charge in [-0.05, 0) is 13.1 Å². The summed E-state index contributed by atoms with van der Waals surface area (Å²) < 4.78 is 9.86. The van der Waals surface area contributed by atoms with Crippen molar-refractivity contribution in [1.82, 2.24) is 15.3 Å². The minimum atomic E-state index is -1.16. The Labute approximate surface area is 112 Å². The summed E-state index contributed by atoms with van der Waals surface area (Å²) in [4.78, 5) is 26.4. The predicted molar refractivity (Wildman–Crippen MR) is 66.5 cm³/mol. The topological polar surface area (TPSA) is 80.8 Å². The summed E-state index contributed by atoms with van der Waals surface area (Å²) >= 11 is 0. The highest BCUT2D eigenvalue weighted by Crippen LogP contribution is 2.43. The number of hydrogen-bond donors (Lipinski definition) is 1. The minimum Gasteiger partial charge on any atom is -0.468 e. The molecule has 0 radical (unpaired) electrons. The molecule has 3 unspecified atom stereocenters. The summed E-state index contributed by atoms with van der Waals surface area (Å²) in [6, 6.07) is 0. The van der Waals surface area contributed by atoms with Crippen molar-refractivity contribution in [3.8, 4) is 0 Å². The molecule has 19 heavy (non-hydrogen) atoms. The Bertz CT molecular complexity index is 435. The summed E-state index contributed by atoms with van der Waals surface area (Å²) in [6.45, 7) is 2.22. The number of hydrazine groups is 1. The maximum Gasteiger partial charge on any atom is 0.334 e. The molecular formula is C12H19N3O4. The van der Waals surface area contributed by atoms with E-state index in [2.05, 4.69) is 5.43 Å². The summed E-state index contributed by atoms with van der Waals surface area (Å²) in [5.74, 6) is -0.931. The van der Waals surface area contributed by atoms with Crippen LogP contribution in [-0.2, 0) is 19.1 Å². The molecule has 106 valence electrons. The van der Waals surface area contributed by atoms with Crippen LogP contribution in [0.3, 0.4) is 0 Å².